The molecule has 3 aromatic rings. The molecule has 0 spiro atoms. The van der Waals surface area contributed by atoms with Gasteiger partial charge in [0.25, 0.3) is 5.91 Å². The normalized spacial score (nSPS) is 12.3. The summed E-state index contributed by atoms with van der Waals surface area (Å²) in [7, 11) is 3.37. The van der Waals surface area contributed by atoms with E-state index in [1.807, 2.05) is 37.3 Å². The number of nitrogens with zero attached hydrogens (tertiary/aromatic N) is 1. The van der Waals surface area contributed by atoms with Gasteiger partial charge in [0, 0.05) is 19.7 Å². The fourth-order valence-electron chi connectivity index (χ4n) is 4.01. The predicted octanol–water partition coefficient (Wildman–Crippen LogP) is 4.70. The lowest BCUT2D eigenvalue weighted by Gasteiger charge is -2.14. The van der Waals surface area contributed by atoms with Crippen LogP contribution in [0.4, 0.5) is 0 Å². The summed E-state index contributed by atoms with van der Waals surface area (Å²) in [5.41, 5.74) is 4.18. The van der Waals surface area contributed by atoms with Crippen LogP contribution >= 0.6 is 0 Å². The Morgan fingerprint density at radius 1 is 0.969 bits per heavy atom. The summed E-state index contributed by atoms with van der Waals surface area (Å²) >= 11 is 0. The average molecular weight is 430 g/mol. The van der Waals surface area contributed by atoms with Gasteiger partial charge in [0.15, 0.2) is 23.9 Å². The zero-order valence-electron chi connectivity index (χ0n) is 18.7. The summed E-state index contributed by atoms with van der Waals surface area (Å²) in [5.74, 6) is 0.875. The van der Waals surface area contributed by atoms with Crippen LogP contribution in [0.2, 0.25) is 0 Å². The highest BCUT2D eigenvalue weighted by molar-refractivity contribution is 6.16. The largest absolute Gasteiger partial charge is 0.490 e. The smallest absolute Gasteiger partial charge is 0.259 e. The maximum atomic E-state index is 13.0. The molecule has 0 unspecified atom stereocenters. The standard InChI is InChI=1S/C27H27NO4/c1-4-31-25-16-18(9-15-24(25)32-17-26(30)28(2)3)8-14-23(29)21-13-12-20-11-10-19-6-5-7-22(21)27(19)20/h5-9,12-16H,4,10-11,17H2,1-3H3/b14-8+. The van der Waals surface area contributed by atoms with Gasteiger partial charge in [-0.2, -0.15) is 0 Å². The molecule has 0 aromatic heterocycles. The first kappa shape index (κ1) is 21.6. The van der Waals surface area contributed by atoms with Gasteiger partial charge in [-0.15, -0.1) is 0 Å². The highest BCUT2D eigenvalue weighted by Crippen LogP contribution is 2.33. The molecule has 164 valence electrons. The van der Waals surface area contributed by atoms with E-state index in [-0.39, 0.29) is 18.3 Å². The van der Waals surface area contributed by atoms with E-state index in [0.717, 1.165) is 29.4 Å². The van der Waals surface area contributed by atoms with Crippen LogP contribution in [0.3, 0.4) is 0 Å². The molecular weight excluding hydrogens is 402 g/mol. The molecule has 0 saturated carbocycles. The van der Waals surface area contributed by atoms with Crippen molar-refractivity contribution in [3.8, 4) is 11.5 Å². The molecular formula is C27H27NO4. The number of hydrogen-bond acceptors (Lipinski definition) is 4. The molecule has 4 rings (SSSR count). The molecule has 0 fully saturated rings. The summed E-state index contributed by atoms with van der Waals surface area (Å²) in [6, 6.07) is 15.6. The lowest BCUT2D eigenvalue weighted by molar-refractivity contribution is -0.130. The highest BCUT2D eigenvalue weighted by Gasteiger charge is 2.17. The van der Waals surface area contributed by atoms with Gasteiger partial charge < -0.3 is 14.4 Å². The van der Waals surface area contributed by atoms with E-state index in [4.69, 9.17) is 9.47 Å². The third-order valence-electron chi connectivity index (χ3n) is 5.69. The zero-order chi connectivity index (χ0) is 22.7. The summed E-state index contributed by atoms with van der Waals surface area (Å²) in [4.78, 5) is 26.3. The molecule has 0 aliphatic heterocycles. The third-order valence-corrected chi connectivity index (χ3v) is 5.69. The Labute approximate surface area is 188 Å². The molecule has 0 bridgehead atoms. The molecule has 0 saturated heterocycles. The molecule has 0 radical (unpaired) electrons. The van der Waals surface area contributed by atoms with Gasteiger partial charge >= 0.3 is 0 Å². The number of rotatable bonds is 8. The Kier molecular flexibility index (Phi) is 6.26. The average Bonchev–Trinajstić information content (AvgIpc) is 3.22. The molecule has 5 nitrogen and oxygen atoms in total. The van der Waals surface area contributed by atoms with Crippen LogP contribution in [0, 0.1) is 0 Å². The van der Waals surface area contributed by atoms with Crippen LogP contribution in [0.5, 0.6) is 11.5 Å². The van der Waals surface area contributed by atoms with E-state index in [0.29, 0.717) is 18.1 Å². The summed E-state index contributed by atoms with van der Waals surface area (Å²) < 4.78 is 11.3. The Morgan fingerprint density at radius 3 is 2.50 bits per heavy atom. The van der Waals surface area contributed by atoms with Crippen molar-refractivity contribution in [3.05, 3.63) is 76.9 Å². The van der Waals surface area contributed by atoms with E-state index in [1.165, 1.54) is 21.4 Å². The Balaban J connectivity index is 1.56. The van der Waals surface area contributed by atoms with Crippen LogP contribution < -0.4 is 9.47 Å². The van der Waals surface area contributed by atoms with Crippen LogP contribution in [0.25, 0.3) is 16.8 Å². The van der Waals surface area contributed by atoms with Crippen molar-refractivity contribution in [2.75, 3.05) is 27.3 Å². The number of hydrogen-bond donors (Lipinski definition) is 0. The molecule has 32 heavy (non-hydrogen) atoms. The second-order valence-electron chi connectivity index (χ2n) is 8.03. The van der Waals surface area contributed by atoms with Gasteiger partial charge in [-0.25, -0.2) is 0 Å². The maximum Gasteiger partial charge on any atom is 0.259 e. The summed E-state index contributed by atoms with van der Waals surface area (Å²) in [5, 5.41) is 2.26. The number of ketones is 1. The predicted molar refractivity (Wildman–Crippen MR) is 127 cm³/mol. The van der Waals surface area contributed by atoms with Crippen molar-refractivity contribution >= 4 is 28.5 Å². The second kappa shape index (κ2) is 9.27. The monoisotopic (exact) mass is 429 g/mol. The quantitative estimate of drug-likeness (QED) is 0.385. The van der Waals surface area contributed by atoms with Crippen molar-refractivity contribution in [1.82, 2.24) is 4.90 Å². The Bertz CT molecular complexity index is 1200. The maximum absolute atomic E-state index is 13.0. The number of ether oxygens (including phenoxy) is 2. The fraction of sp³-hybridized carbons (Fsp3) is 0.259. The van der Waals surface area contributed by atoms with Crippen LogP contribution in [-0.2, 0) is 17.6 Å². The van der Waals surface area contributed by atoms with Gasteiger partial charge in [-0.05, 0) is 65.4 Å². The van der Waals surface area contributed by atoms with Gasteiger partial charge in [0.2, 0.25) is 0 Å². The molecule has 0 atom stereocenters. The highest BCUT2D eigenvalue weighted by atomic mass is 16.5. The van der Waals surface area contributed by atoms with E-state index in [9.17, 15) is 9.59 Å². The minimum Gasteiger partial charge on any atom is -0.490 e. The number of carbonyl (C=O) groups is 2. The van der Waals surface area contributed by atoms with E-state index in [2.05, 4.69) is 12.1 Å². The molecule has 5 heteroatoms. The molecule has 3 aromatic carbocycles. The summed E-state index contributed by atoms with van der Waals surface area (Å²) in [6.45, 7) is 2.28. The fourth-order valence-corrected chi connectivity index (χ4v) is 4.01. The molecule has 1 aliphatic carbocycles. The number of likely N-dealkylation sites (N-methyl/N-ethyl adjacent to an activating group) is 1. The lowest BCUT2D eigenvalue weighted by Crippen LogP contribution is -2.27. The SMILES string of the molecule is CCOc1cc(/C=C/C(=O)c2ccc3c4c(cccc24)CC3)ccc1OCC(=O)N(C)C. The first-order valence-electron chi connectivity index (χ1n) is 10.8. The van der Waals surface area contributed by atoms with Gasteiger partial charge in [0.1, 0.15) is 0 Å². The van der Waals surface area contributed by atoms with Gasteiger partial charge in [0.05, 0.1) is 6.61 Å². The van der Waals surface area contributed by atoms with Gasteiger partial charge in [-0.3, -0.25) is 9.59 Å². The molecule has 1 aliphatic rings. The van der Waals surface area contributed by atoms with E-state index in [1.54, 1.807) is 32.3 Å². The van der Waals surface area contributed by atoms with Crippen molar-refractivity contribution < 1.29 is 19.1 Å². The molecule has 0 heterocycles. The number of carbonyl (C=O) groups excluding carboxylic acids is 2. The topological polar surface area (TPSA) is 55.8 Å². The number of aryl methyl sites for hydroxylation is 2. The van der Waals surface area contributed by atoms with Crippen molar-refractivity contribution in [1.29, 1.82) is 0 Å². The number of amides is 1. The minimum absolute atomic E-state index is 0.0320. The van der Waals surface area contributed by atoms with Crippen LogP contribution in [-0.4, -0.2) is 43.9 Å². The number of allylic oxidation sites excluding steroid dienone is 1. The Morgan fingerprint density at radius 2 is 1.75 bits per heavy atom. The van der Waals surface area contributed by atoms with E-state index < -0.39 is 0 Å². The summed E-state index contributed by atoms with van der Waals surface area (Å²) in [6.07, 6.45) is 5.45. The first-order valence-corrected chi connectivity index (χ1v) is 10.8. The van der Waals surface area contributed by atoms with Crippen LogP contribution in [0.15, 0.2) is 54.6 Å². The Hall–Kier alpha value is -3.60. The van der Waals surface area contributed by atoms with Crippen LogP contribution in [0.1, 0.15) is 34.0 Å². The molecule has 1 amide bonds. The third kappa shape index (κ3) is 4.37. The molecule has 0 N–H and O–H groups in total. The van der Waals surface area contributed by atoms with Crippen molar-refractivity contribution in [3.63, 3.8) is 0 Å². The zero-order valence-corrected chi connectivity index (χ0v) is 18.7. The number of benzene rings is 3. The van der Waals surface area contributed by atoms with E-state index >= 15 is 0 Å². The second-order valence-corrected chi connectivity index (χ2v) is 8.03. The van der Waals surface area contributed by atoms with Gasteiger partial charge in [-0.1, -0.05) is 42.5 Å². The minimum atomic E-state index is -0.132. The lowest BCUT2D eigenvalue weighted by atomic mass is 9.97. The van der Waals surface area contributed by atoms with Crippen molar-refractivity contribution in [2.24, 2.45) is 0 Å². The first-order chi connectivity index (χ1) is 15.5. The van der Waals surface area contributed by atoms with Crippen molar-refractivity contribution in [2.45, 2.75) is 19.8 Å².